The molecule has 4 heteroatoms. The van der Waals surface area contributed by atoms with Gasteiger partial charge in [0.05, 0.1) is 0 Å². The van der Waals surface area contributed by atoms with Gasteiger partial charge in [-0.3, -0.25) is 0 Å². The highest BCUT2D eigenvalue weighted by atomic mass is 35.5. The minimum absolute atomic E-state index is 0.00926. The first-order valence-electron chi connectivity index (χ1n) is 6.45. The number of hydrogen-bond acceptors (Lipinski definition) is 1. The van der Waals surface area contributed by atoms with E-state index < -0.39 is 11.6 Å². The molecule has 2 rings (SSSR count). The molecule has 0 radical (unpaired) electrons. The highest BCUT2D eigenvalue weighted by Crippen LogP contribution is 2.28. The Hall–Kier alpha value is -1.45. The molecule has 2 aromatic rings. The van der Waals surface area contributed by atoms with Crippen LogP contribution in [-0.2, 0) is 6.42 Å². The minimum atomic E-state index is -0.815. The number of rotatable bonds is 5. The lowest BCUT2D eigenvalue weighted by molar-refractivity contribution is 0.491. The second-order valence-electron chi connectivity index (χ2n) is 4.69. The summed E-state index contributed by atoms with van der Waals surface area (Å²) in [6.07, 6.45) is 0.397. The summed E-state index contributed by atoms with van der Waals surface area (Å²) in [5.74, 6) is -1.60. The van der Waals surface area contributed by atoms with Gasteiger partial charge in [-0.25, -0.2) is 8.78 Å². The van der Waals surface area contributed by atoms with Gasteiger partial charge < -0.3 is 5.32 Å². The Kier molecular flexibility index (Phi) is 5.10. The Morgan fingerprint density at radius 3 is 2.55 bits per heavy atom. The zero-order valence-corrected chi connectivity index (χ0v) is 11.9. The second kappa shape index (κ2) is 6.82. The van der Waals surface area contributed by atoms with Crippen molar-refractivity contribution in [1.82, 2.24) is 5.32 Å². The van der Waals surface area contributed by atoms with Crippen molar-refractivity contribution >= 4 is 11.6 Å². The van der Waals surface area contributed by atoms with Gasteiger partial charge in [-0.2, -0.15) is 0 Å². The Balaban J connectivity index is 2.31. The molecule has 0 saturated heterocycles. The summed E-state index contributed by atoms with van der Waals surface area (Å²) >= 11 is 6.20. The summed E-state index contributed by atoms with van der Waals surface area (Å²) in [4.78, 5) is 0. The van der Waals surface area contributed by atoms with Crippen LogP contribution in [0.3, 0.4) is 0 Å². The van der Waals surface area contributed by atoms with E-state index in [9.17, 15) is 8.78 Å². The summed E-state index contributed by atoms with van der Waals surface area (Å²) in [6.45, 7) is 0.639. The Bertz CT molecular complexity index is 586. The van der Waals surface area contributed by atoms with E-state index in [1.807, 2.05) is 31.3 Å². The molecule has 1 N–H and O–H groups in total. The molecule has 1 unspecified atom stereocenters. The molecular formula is C16H16ClF2N. The lowest BCUT2D eigenvalue weighted by Crippen LogP contribution is -2.20. The minimum Gasteiger partial charge on any atom is -0.319 e. The monoisotopic (exact) mass is 295 g/mol. The molecule has 1 nitrogen and oxygen atoms in total. The van der Waals surface area contributed by atoms with E-state index in [-0.39, 0.29) is 5.92 Å². The average molecular weight is 296 g/mol. The van der Waals surface area contributed by atoms with E-state index in [4.69, 9.17) is 11.6 Å². The maximum absolute atomic E-state index is 13.8. The van der Waals surface area contributed by atoms with Crippen LogP contribution >= 0.6 is 11.6 Å². The van der Waals surface area contributed by atoms with E-state index in [1.54, 1.807) is 6.07 Å². The molecule has 0 spiro atoms. The number of benzene rings is 2. The molecule has 1 atom stereocenters. The molecule has 0 aliphatic rings. The average Bonchev–Trinajstić information content (AvgIpc) is 2.44. The van der Waals surface area contributed by atoms with Crippen LogP contribution in [0.15, 0.2) is 42.5 Å². The molecule has 0 fully saturated rings. The quantitative estimate of drug-likeness (QED) is 0.873. The van der Waals surface area contributed by atoms with E-state index in [0.29, 0.717) is 23.6 Å². The fraction of sp³-hybridized carbons (Fsp3) is 0.250. The number of halogens is 3. The maximum Gasteiger partial charge on any atom is 0.162 e. The maximum atomic E-state index is 13.8. The van der Waals surface area contributed by atoms with Crippen LogP contribution in [0, 0.1) is 11.6 Å². The number of hydrogen-bond donors (Lipinski definition) is 1. The Labute approximate surface area is 122 Å². The SMILES string of the molecule is CNCC(Cc1cccc(F)c1F)c1ccccc1Cl. The van der Waals surface area contributed by atoms with Gasteiger partial charge in [-0.05, 0) is 36.7 Å². The van der Waals surface area contributed by atoms with E-state index in [2.05, 4.69) is 5.32 Å². The summed E-state index contributed by atoms with van der Waals surface area (Å²) in [5, 5.41) is 3.72. The lowest BCUT2D eigenvalue weighted by atomic mass is 9.91. The normalized spacial score (nSPS) is 12.4. The molecule has 0 heterocycles. The predicted molar refractivity (Wildman–Crippen MR) is 78.2 cm³/mol. The third-order valence-corrected chi connectivity index (χ3v) is 3.64. The second-order valence-corrected chi connectivity index (χ2v) is 5.10. The molecule has 0 bridgehead atoms. The first kappa shape index (κ1) is 14.9. The summed E-state index contributed by atoms with van der Waals surface area (Å²) in [6, 6.07) is 11.7. The van der Waals surface area contributed by atoms with Gasteiger partial charge in [0.15, 0.2) is 11.6 Å². The van der Waals surface area contributed by atoms with Crippen LogP contribution in [-0.4, -0.2) is 13.6 Å². The number of nitrogens with one attached hydrogen (secondary N) is 1. The summed E-state index contributed by atoms with van der Waals surface area (Å²) in [5.41, 5.74) is 1.30. The highest BCUT2D eigenvalue weighted by molar-refractivity contribution is 6.31. The van der Waals surface area contributed by atoms with Gasteiger partial charge in [0.2, 0.25) is 0 Å². The van der Waals surface area contributed by atoms with Crippen molar-refractivity contribution in [2.75, 3.05) is 13.6 Å². The topological polar surface area (TPSA) is 12.0 Å². The predicted octanol–water partition coefficient (Wildman–Crippen LogP) is 4.16. The van der Waals surface area contributed by atoms with Gasteiger partial charge in [0, 0.05) is 17.5 Å². The zero-order valence-electron chi connectivity index (χ0n) is 11.2. The van der Waals surface area contributed by atoms with E-state index in [1.165, 1.54) is 6.07 Å². The summed E-state index contributed by atoms with van der Waals surface area (Å²) < 4.78 is 27.1. The van der Waals surface area contributed by atoms with Crippen LogP contribution in [0.5, 0.6) is 0 Å². The fourth-order valence-corrected chi connectivity index (χ4v) is 2.61. The first-order valence-corrected chi connectivity index (χ1v) is 6.83. The Morgan fingerprint density at radius 1 is 1.10 bits per heavy atom. The van der Waals surface area contributed by atoms with Crippen molar-refractivity contribution in [3.63, 3.8) is 0 Å². The third kappa shape index (κ3) is 3.35. The number of likely N-dealkylation sites (N-methyl/N-ethyl adjacent to an activating group) is 1. The molecule has 20 heavy (non-hydrogen) atoms. The molecule has 0 aliphatic carbocycles. The zero-order chi connectivity index (χ0) is 14.5. The fourth-order valence-electron chi connectivity index (χ4n) is 2.32. The van der Waals surface area contributed by atoms with E-state index in [0.717, 1.165) is 11.6 Å². The summed E-state index contributed by atoms with van der Waals surface area (Å²) in [7, 11) is 1.83. The van der Waals surface area contributed by atoms with Crippen molar-refractivity contribution in [3.05, 3.63) is 70.2 Å². The lowest BCUT2D eigenvalue weighted by Gasteiger charge is -2.19. The standard InChI is InChI=1S/C16H16ClF2N/c1-20-10-12(13-6-2-3-7-14(13)17)9-11-5-4-8-15(18)16(11)19/h2-8,12,20H,9-10H2,1H3. The van der Waals surface area contributed by atoms with Crippen molar-refractivity contribution in [3.8, 4) is 0 Å². The van der Waals surface area contributed by atoms with Gasteiger partial charge in [0.1, 0.15) is 0 Å². The van der Waals surface area contributed by atoms with Crippen LogP contribution in [0.25, 0.3) is 0 Å². The van der Waals surface area contributed by atoms with Crippen molar-refractivity contribution in [1.29, 1.82) is 0 Å². The van der Waals surface area contributed by atoms with Crippen LogP contribution < -0.4 is 5.32 Å². The molecular weight excluding hydrogens is 280 g/mol. The molecule has 106 valence electrons. The van der Waals surface area contributed by atoms with Crippen LogP contribution in [0.4, 0.5) is 8.78 Å². The van der Waals surface area contributed by atoms with E-state index >= 15 is 0 Å². The third-order valence-electron chi connectivity index (χ3n) is 3.29. The van der Waals surface area contributed by atoms with Crippen LogP contribution in [0.1, 0.15) is 17.0 Å². The Morgan fingerprint density at radius 2 is 1.85 bits per heavy atom. The highest BCUT2D eigenvalue weighted by Gasteiger charge is 2.17. The van der Waals surface area contributed by atoms with Crippen LogP contribution in [0.2, 0.25) is 5.02 Å². The van der Waals surface area contributed by atoms with Gasteiger partial charge in [0.25, 0.3) is 0 Å². The largest absolute Gasteiger partial charge is 0.319 e. The first-order chi connectivity index (χ1) is 9.63. The molecule has 0 aromatic heterocycles. The van der Waals surface area contributed by atoms with Crippen molar-refractivity contribution in [2.45, 2.75) is 12.3 Å². The van der Waals surface area contributed by atoms with Crippen molar-refractivity contribution < 1.29 is 8.78 Å². The molecule has 2 aromatic carbocycles. The van der Waals surface area contributed by atoms with Crippen molar-refractivity contribution in [2.24, 2.45) is 0 Å². The van der Waals surface area contributed by atoms with Gasteiger partial charge >= 0.3 is 0 Å². The van der Waals surface area contributed by atoms with Gasteiger partial charge in [-0.15, -0.1) is 0 Å². The smallest absolute Gasteiger partial charge is 0.162 e. The molecule has 0 amide bonds. The molecule has 0 saturated carbocycles. The van der Waals surface area contributed by atoms with Gasteiger partial charge in [-0.1, -0.05) is 41.9 Å². The molecule has 0 aliphatic heterocycles.